The Kier molecular flexibility index (Phi) is 3.47. The van der Waals surface area contributed by atoms with Crippen LogP contribution >= 0.6 is 0 Å². The molecular weight excluding hydrogens is 338 g/mol. The summed E-state index contributed by atoms with van der Waals surface area (Å²) in [5.74, 6) is 1.39. The van der Waals surface area contributed by atoms with E-state index in [0.717, 1.165) is 39.3 Å². The van der Waals surface area contributed by atoms with Gasteiger partial charge in [0.2, 0.25) is 5.88 Å². The van der Waals surface area contributed by atoms with Crippen LogP contribution in [-0.2, 0) is 0 Å². The molecule has 0 spiro atoms. The van der Waals surface area contributed by atoms with Gasteiger partial charge in [0.05, 0.1) is 23.9 Å². The minimum absolute atomic E-state index is 0.632. The summed E-state index contributed by atoms with van der Waals surface area (Å²) < 4.78 is 11.9. The Morgan fingerprint density at radius 1 is 0.889 bits per heavy atom. The molecule has 0 unspecified atom stereocenters. The Hall–Kier alpha value is -3.60. The molecule has 5 rings (SSSR count). The van der Waals surface area contributed by atoms with E-state index in [2.05, 4.69) is 16.3 Å². The van der Waals surface area contributed by atoms with E-state index in [1.165, 1.54) is 0 Å². The van der Waals surface area contributed by atoms with Crippen LogP contribution in [0.25, 0.3) is 11.0 Å². The van der Waals surface area contributed by atoms with Gasteiger partial charge in [0, 0.05) is 0 Å². The number of ether oxygens (including phenoxy) is 1. The summed E-state index contributed by atoms with van der Waals surface area (Å²) in [5.41, 5.74) is 5.15. The van der Waals surface area contributed by atoms with Gasteiger partial charge < -0.3 is 9.15 Å². The highest BCUT2D eigenvalue weighted by Crippen LogP contribution is 2.52. The molecule has 0 N–H and O–H groups in total. The van der Waals surface area contributed by atoms with Gasteiger partial charge in [-0.05, 0) is 48.9 Å². The van der Waals surface area contributed by atoms with Crippen molar-refractivity contribution in [3.05, 3.63) is 72.3 Å². The summed E-state index contributed by atoms with van der Waals surface area (Å²) in [5, 5.41) is 9.93. The van der Waals surface area contributed by atoms with Gasteiger partial charge in [0.1, 0.15) is 17.0 Å². The molecule has 0 saturated heterocycles. The Morgan fingerprint density at radius 2 is 1.70 bits per heavy atom. The molecule has 0 bridgehead atoms. The number of rotatable bonds is 2. The number of benzene rings is 3. The van der Waals surface area contributed by atoms with Crippen LogP contribution in [0, 0.1) is 6.92 Å². The summed E-state index contributed by atoms with van der Waals surface area (Å²) in [6.07, 6.45) is 0. The van der Waals surface area contributed by atoms with Crippen LogP contribution in [0.3, 0.4) is 0 Å². The second-order valence-corrected chi connectivity index (χ2v) is 6.45. The topological polar surface area (TPSA) is 50.3 Å². The maximum atomic E-state index is 6.24. The van der Waals surface area contributed by atoms with E-state index >= 15 is 0 Å². The molecule has 0 amide bonds. The van der Waals surface area contributed by atoms with E-state index in [-0.39, 0.29) is 0 Å². The third-order valence-corrected chi connectivity index (χ3v) is 4.71. The Balaban J connectivity index is 1.86. The van der Waals surface area contributed by atoms with Crippen LogP contribution in [0.2, 0.25) is 0 Å². The summed E-state index contributed by atoms with van der Waals surface area (Å²) in [6.45, 7) is 2.04. The lowest BCUT2D eigenvalue weighted by Gasteiger charge is -2.24. The number of fused-ring (bicyclic) bond motifs is 4. The number of para-hydroxylation sites is 2. The highest BCUT2D eigenvalue weighted by molar-refractivity contribution is 6.00. The van der Waals surface area contributed by atoms with E-state index in [1.807, 2.05) is 72.5 Å². The molecule has 0 aliphatic carbocycles. The molecule has 3 aromatic carbocycles. The van der Waals surface area contributed by atoms with E-state index in [9.17, 15) is 0 Å². The van der Waals surface area contributed by atoms with Crippen molar-refractivity contribution >= 4 is 39.6 Å². The number of methoxy groups -OCH3 is 1. The van der Waals surface area contributed by atoms with E-state index in [1.54, 1.807) is 7.11 Å². The van der Waals surface area contributed by atoms with Crippen molar-refractivity contribution in [2.24, 2.45) is 10.2 Å². The molecular formula is C22H17N3O2. The standard InChI is InChI=1S/C22H17N3O2/c1-14-11-12-18(20(13-14)26-2)25-17-9-5-4-8-16(17)23-24-21-15-7-3-6-10-19(15)27-22(21)25/h3-13H,1-2H3. The van der Waals surface area contributed by atoms with Crippen molar-refractivity contribution in [2.75, 3.05) is 12.0 Å². The average molecular weight is 355 g/mol. The maximum absolute atomic E-state index is 6.24. The molecule has 0 radical (unpaired) electrons. The molecule has 4 aromatic rings. The second-order valence-electron chi connectivity index (χ2n) is 6.45. The number of nitrogens with zero attached hydrogens (tertiary/aromatic N) is 3. The SMILES string of the molecule is COc1cc(C)ccc1N1c2ccccc2N=Nc2c1oc1ccccc21. The normalized spacial score (nSPS) is 12.6. The Morgan fingerprint density at radius 3 is 2.59 bits per heavy atom. The first-order chi connectivity index (χ1) is 13.3. The van der Waals surface area contributed by atoms with Gasteiger partial charge in [-0.1, -0.05) is 30.3 Å². The zero-order valence-electron chi connectivity index (χ0n) is 15.0. The summed E-state index contributed by atoms with van der Waals surface area (Å²) >= 11 is 0. The molecule has 1 aliphatic heterocycles. The molecule has 132 valence electrons. The number of azo groups is 1. The zero-order valence-corrected chi connectivity index (χ0v) is 15.0. The zero-order chi connectivity index (χ0) is 18.4. The van der Waals surface area contributed by atoms with E-state index in [4.69, 9.17) is 9.15 Å². The van der Waals surface area contributed by atoms with Gasteiger partial charge in [-0.15, -0.1) is 10.2 Å². The van der Waals surface area contributed by atoms with Crippen LogP contribution in [0.4, 0.5) is 28.6 Å². The van der Waals surface area contributed by atoms with Crippen LogP contribution in [0.5, 0.6) is 5.75 Å². The average Bonchev–Trinajstić information content (AvgIpc) is 2.98. The predicted molar refractivity (Wildman–Crippen MR) is 106 cm³/mol. The Labute approximate surface area is 156 Å². The minimum Gasteiger partial charge on any atom is -0.495 e. The van der Waals surface area contributed by atoms with Crippen molar-refractivity contribution in [2.45, 2.75) is 6.92 Å². The van der Waals surface area contributed by atoms with Crippen LogP contribution in [0.15, 0.2) is 81.4 Å². The largest absolute Gasteiger partial charge is 0.495 e. The molecule has 2 heterocycles. The fraction of sp³-hybridized carbons (Fsp3) is 0.0909. The number of anilines is 3. The fourth-order valence-electron chi connectivity index (χ4n) is 3.43. The maximum Gasteiger partial charge on any atom is 0.233 e. The highest BCUT2D eigenvalue weighted by Gasteiger charge is 2.29. The van der Waals surface area contributed by atoms with Crippen molar-refractivity contribution < 1.29 is 9.15 Å². The number of hydrogen-bond acceptors (Lipinski definition) is 5. The lowest BCUT2D eigenvalue weighted by atomic mass is 10.1. The molecule has 5 nitrogen and oxygen atoms in total. The molecule has 1 aromatic heterocycles. The minimum atomic E-state index is 0.632. The summed E-state index contributed by atoms with van der Waals surface area (Å²) in [6, 6.07) is 21.9. The van der Waals surface area contributed by atoms with E-state index in [0.29, 0.717) is 11.6 Å². The van der Waals surface area contributed by atoms with Gasteiger partial charge in [-0.2, -0.15) is 0 Å². The van der Waals surface area contributed by atoms with Gasteiger partial charge in [-0.25, -0.2) is 0 Å². The van der Waals surface area contributed by atoms with Crippen molar-refractivity contribution in [1.82, 2.24) is 0 Å². The molecule has 27 heavy (non-hydrogen) atoms. The Bertz CT molecular complexity index is 1190. The van der Waals surface area contributed by atoms with Gasteiger partial charge in [0.25, 0.3) is 0 Å². The highest BCUT2D eigenvalue weighted by atomic mass is 16.5. The van der Waals surface area contributed by atoms with Gasteiger partial charge in [-0.3, -0.25) is 4.90 Å². The third kappa shape index (κ3) is 2.39. The predicted octanol–water partition coefficient (Wildman–Crippen LogP) is 6.95. The number of aryl methyl sites for hydroxylation is 1. The molecule has 0 saturated carbocycles. The first-order valence-electron chi connectivity index (χ1n) is 8.73. The van der Waals surface area contributed by atoms with Gasteiger partial charge >= 0.3 is 0 Å². The lowest BCUT2D eigenvalue weighted by Crippen LogP contribution is -2.10. The number of furan rings is 1. The van der Waals surface area contributed by atoms with Crippen molar-refractivity contribution in [3.63, 3.8) is 0 Å². The molecule has 5 heteroatoms. The molecule has 0 fully saturated rings. The monoisotopic (exact) mass is 355 g/mol. The van der Waals surface area contributed by atoms with Crippen molar-refractivity contribution in [3.8, 4) is 5.75 Å². The van der Waals surface area contributed by atoms with Crippen LogP contribution in [-0.4, -0.2) is 7.11 Å². The number of hydrogen-bond donors (Lipinski definition) is 0. The summed E-state index contributed by atoms with van der Waals surface area (Å²) in [7, 11) is 1.68. The fourth-order valence-corrected chi connectivity index (χ4v) is 3.43. The molecule has 1 aliphatic rings. The summed E-state index contributed by atoms with van der Waals surface area (Å²) in [4.78, 5) is 2.03. The first-order valence-corrected chi connectivity index (χ1v) is 8.73. The van der Waals surface area contributed by atoms with E-state index < -0.39 is 0 Å². The lowest BCUT2D eigenvalue weighted by molar-refractivity contribution is 0.415. The molecule has 0 atom stereocenters. The first kappa shape index (κ1) is 15.6. The van der Waals surface area contributed by atoms with Crippen LogP contribution in [0.1, 0.15) is 5.56 Å². The van der Waals surface area contributed by atoms with Crippen molar-refractivity contribution in [1.29, 1.82) is 0 Å². The van der Waals surface area contributed by atoms with Crippen LogP contribution < -0.4 is 9.64 Å². The second kappa shape index (κ2) is 5.99. The smallest absolute Gasteiger partial charge is 0.233 e. The quantitative estimate of drug-likeness (QED) is 0.344. The third-order valence-electron chi connectivity index (χ3n) is 4.71. The van der Waals surface area contributed by atoms with Gasteiger partial charge in [0.15, 0.2) is 5.69 Å².